The molecule has 0 spiro atoms. The van der Waals surface area contributed by atoms with Crippen LogP contribution in [0.3, 0.4) is 0 Å². The molecule has 0 aliphatic rings. The Morgan fingerprint density at radius 2 is 2.06 bits per heavy atom. The molecule has 0 amide bonds. The van der Waals surface area contributed by atoms with Gasteiger partial charge in [0.05, 0.1) is 26.8 Å². The van der Waals surface area contributed by atoms with Gasteiger partial charge in [0.2, 0.25) is 0 Å². The minimum Gasteiger partial charge on any atom is -0.452 e. The second-order valence-corrected chi connectivity index (χ2v) is 4.78. The number of nitrogen functional groups attached to an aromatic ring is 1. The van der Waals surface area contributed by atoms with Gasteiger partial charge in [-0.1, -0.05) is 17.7 Å². The van der Waals surface area contributed by atoms with Crippen LogP contribution in [0.5, 0.6) is 11.5 Å². The molecule has 0 saturated carbocycles. The fraction of sp³-hybridized carbons (Fsp3) is 0. The average molecular weight is 324 g/mol. The first-order chi connectivity index (χ1) is 8.61. The molecule has 2 N–H and O–H groups in total. The first-order valence-electron chi connectivity index (χ1n) is 5.03. The second-order valence-electron chi connectivity index (χ2n) is 3.52. The zero-order valence-corrected chi connectivity index (χ0v) is 11.5. The van der Waals surface area contributed by atoms with Gasteiger partial charge in [-0.3, -0.25) is 0 Å². The number of nitrogens with zero attached hydrogens (tertiary/aromatic N) is 1. The summed E-state index contributed by atoms with van der Waals surface area (Å²) in [4.78, 5) is 0. The van der Waals surface area contributed by atoms with Crippen LogP contribution >= 0.6 is 27.5 Å². The van der Waals surface area contributed by atoms with Crippen molar-refractivity contribution in [3.8, 4) is 17.6 Å². The van der Waals surface area contributed by atoms with E-state index < -0.39 is 0 Å². The number of nitriles is 1. The monoisotopic (exact) mass is 322 g/mol. The lowest BCUT2D eigenvalue weighted by Gasteiger charge is -2.11. The van der Waals surface area contributed by atoms with Gasteiger partial charge in [0.15, 0.2) is 5.75 Å². The van der Waals surface area contributed by atoms with Crippen molar-refractivity contribution < 1.29 is 4.74 Å². The lowest BCUT2D eigenvalue weighted by molar-refractivity contribution is 0.482. The summed E-state index contributed by atoms with van der Waals surface area (Å²) < 4.78 is 6.32. The molecule has 5 heteroatoms. The van der Waals surface area contributed by atoms with Crippen LogP contribution in [-0.2, 0) is 0 Å². The van der Waals surface area contributed by atoms with E-state index in [4.69, 9.17) is 27.3 Å². The Kier molecular flexibility index (Phi) is 3.75. The number of ether oxygens (including phenoxy) is 1. The largest absolute Gasteiger partial charge is 0.452 e. The van der Waals surface area contributed by atoms with Gasteiger partial charge in [0.1, 0.15) is 5.75 Å². The summed E-state index contributed by atoms with van der Waals surface area (Å²) in [6.07, 6.45) is 0. The average Bonchev–Trinajstić information content (AvgIpc) is 2.35. The molecule has 0 radical (unpaired) electrons. The molecular weight excluding hydrogens is 316 g/mol. The minimum absolute atomic E-state index is 0.407. The third-order valence-corrected chi connectivity index (χ3v) is 3.19. The van der Waals surface area contributed by atoms with Crippen molar-refractivity contribution in [2.45, 2.75) is 0 Å². The van der Waals surface area contributed by atoms with E-state index >= 15 is 0 Å². The molecule has 90 valence electrons. The van der Waals surface area contributed by atoms with Crippen molar-refractivity contribution in [1.29, 1.82) is 5.26 Å². The molecule has 0 fully saturated rings. The van der Waals surface area contributed by atoms with Crippen LogP contribution in [0.15, 0.2) is 40.9 Å². The van der Waals surface area contributed by atoms with Gasteiger partial charge in [0, 0.05) is 0 Å². The number of nitrogens with two attached hydrogens (primary N) is 1. The molecule has 0 bridgehead atoms. The number of para-hydroxylation sites is 1. The molecule has 3 nitrogen and oxygen atoms in total. The molecule has 0 saturated heterocycles. The Morgan fingerprint density at radius 3 is 2.67 bits per heavy atom. The van der Waals surface area contributed by atoms with Gasteiger partial charge in [-0.25, -0.2) is 0 Å². The summed E-state index contributed by atoms with van der Waals surface area (Å²) in [6, 6.07) is 12.2. The molecule has 2 aromatic carbocycles. The Morgan fingerprint density at radius 1 is 1.28 bits per heavy atom. The summed E-state index contributed by atoms with van der Waals surface area (Å²) in [5.74, 6) is 0.957. The summed E-state index contributed by atoms with van der Waals surface area (Å²) in [5, 5.41) is 9.21. The summed E-state index contributed by atoms with van der Waals surface area (Å²) in [7, 11) is 0. The highest BCUT2D eigenvalue weighted by Crippen LogP contribution is 2.37. The zero-order chi connectivity index (χ0) is 13.1. The Balaban J connectivity index is 2.38. The van der Waals surface area contributed by atoms with Gasteiger partial charge in [-0.2, -0.15) is 5.26 Å². The minimum atomic E-state index is 0.407. The van der Waals surface area contributed by atoms with Crippen molar-refractivity contribution in [2.75, 3.05) is 5.73 Å². The van der Waals surface area contributed by atoms with Crippen LogP contribution in [0.25, 0.3) is 0 Å². The fourth-order valence-corrected chi connectivity index (χ4v) is 2.08. The number of halogens is 2. The third kappa shape index (κ3) is 2.58. The fourth-order valence-electron chi connectivity index (χ4n) is 1.40. The summed E-state index contributed by atoms with van der Waals surface area (Å²) in [5.41, 5.74) is 6.80. The Hall–Kier alpha value is -1.70. The van der Waals surface area contributed by atoms with Crippen LogP contribution in [0.4, 0.5) is 5.69 Å². The standard InChI is InChI=1S/C13H8BrClN2O/c14-9-6-8(7-16)4-5-12(9)18-13-10(15)2-1-3-11(13)17/h1-6H,17H2. The van der Waals surface area contributed by atoms with E-state index in [1.807, 2.05) is 6.07 Å². The van der Waals surface area contributed by atoms with E-state index in [2.05, 4.69) is 15.9 Å². The topological polar surface area (TPSA) is 59.0 Å². The molecule has 0 aliphatic heterocycles. The number of rotatable bonds is 2. The van der Waals surface area contributed by atoms with Crippen LogP contribution in [0, 0.1) is 11.3 Å². The number of benzene rings is 2. The molecule has 0 heterocycles. The quantitative estimate of drug-likeness (QED) is 0.836. The van der Waals surface area contributed by atoms with Gasteiger partial charge < -0.3 is 10.5 Å². The maximum Gasteiger partial charge on any atom is 0.168 e. The highest BCUT2D eigenvalue weighted by Gasteiger charge is 2.09. The first-order valence-corrected chi connectivity index (χ1v) is 6.20. The van der Waals surface area contributed by atoms with Gasteiger partial charge in [-0.05, 0) is 46.3 Å². The molecule has 0 atom stereocenters. The van der Waals surface area contributed by atoms with Crippen molar-refractivity contribution >= 4 is 33.2 Å². The van der Waals surface area contributed by atoms with Crippen molar-refractivity contribution in [3.05, 3.63) is 51.5 Å². The lowest BCUT2D eigenvalue weighted by atomic mass is 10.2. The van der Waals surface area contributed by atoms with Gasteiger partial charge >= 0.3 is 0 Å². The Labute approximate surface area is 118 Å². The van der Waals surface area contributed by atoms with Crippen molar-refractivity contribution in [2.24, 2.45) is 0 Å². The molecule has 18 heavy (non-hydrogen) atoms. The molecule has 0 aromatic heterocycles. The maximum absolute atomic E-state index is 8.78. The smallest absolute Gasteiger partial charge is 0.168 e. The third-order valence-electron chi connectivity index (χ3n) is 2.27. The number of anilines is 1. The van der Waals surface area contributed by atoms with E-state index in [0.29, 0.717) is 32.2 Å². The molecule has 2 aromatic rings. The van der Waals surface area contributed by atoms with Crippen LogP contribution < -0.4 is 10.5 Å². The maximum atomic E-state index is 8.78. The zero-order valence-electron chi connectivity index (χ0n) is 9.15. The van der Waals surface area contributed by atoms with Crippen molar-refractivity contribution in [3.63, 3.8) is 0 Å². The molecule has 0 aliphatic carbocycles. The van der Waals surface area contributed by atoms with Crippen LogP contribution in [0.1, 0.15) is 5.56 Å². The van der Waals surface area contributed by atoms with Gasteiger partial charge in [0.25, 0.3) is 0 Å². The SMILES string of the molecule is N#Cc1ccc(Oc2c(N)cccc2Cl)c(Br)c1. The van der Waals surface area contributed by atoms with Crippen molar-refractivity contribution in [1.82, 2.24) is 0 Å². The molecule has 0 unspecified atom stereocenters. The lowest BCUT2D eigenvalue weighted by Crippen LogP contribution is -1.93. The number of hydrogen-bond donors (Lipinski definition) is 1. The number of hydrogen-bond acceptors (Lipinski definition) is 3. The van der Waals surface area contributed by atoms with E-state index in [1.54, 1.807) is 36.4 Å². The molecule has 2 rings (SSSR count). The van der Waals surface area contributed by atoms with E-state index in [1.165, 1.54) is 0 Å². The van der Waals surface area contributed by atoms with Crippen LogP contribution in [-0.4, -0.2) is 0 Å². The normalized spacial score (nSPS) is 9.83. The van der Waals surface area contributed by atoms with Gasteiger partial charge in [-0.15, -0.1) is 0 Å². The summed E-state index contributed by atoms with van der Waals surface area (Å²) in [6.45, 7) is 0. The second kappa shape index (κ2) is 5.30. The highest BCUT2D eigenvalue weighted by atomic mass is 79.9. The van der Waals surface area contributed by atoms with E-state index in [9.17, 15) is 0 Å². The predicted molar refractivity (Wildman–Crippen MR) is 74.8 cm³/mol. The molecular formula is C13H8BrClN2O. The van der Waals surface area contributed by atoms with E-state index in [-0.39, 0.29) is 0 Å². The Bertz CT molecular complexity index is 617. The summed E-state index contributed by atoms with van der Waals surface area (Å²) >= 11 is 9.35. The highest BCUT2D eigenvalue weighted by molar-refractivity contribution is 9.10. The first kappa shape index (κ1) is 12.7. The van der Waals surface area contributed by atoms with Crippen LogP contribution in [0.2, 0.25) is 5.02 Å². The predicted octanol–water partition coefficient (Wildman–Crippen LogP) is 4.35. The van der Waals surface area contributed by atoms with E-state index in [0.717, 1.165) is 0 Å².